The lowest BCUT2D eigenvalue weighted by Crippen LogP contribution is -2.58. The second kappa shape index (κ2) is 27.1. The van der Waals surface area contributed by atoms with Crippen LogP contribution in [-0.4, -0.2) is 85.5 Å². The minimum absolute atomic E-state index is 0.0291. The lowest BCUT2D eigenvalue weighted by molar-refractivity contribution is -0.199. The molecule has 10 nitrogen and oxygen atoms in total. The largest absolute Gasteiger partial charge is 0.497 e. The number of hydrogen-bond donors (Lipinski definition) is 0. The van der Waals surface area contributed by atoms with E-state index >= 15 is 4.79 Å². The van der Waals surface area contributed by atoms with E-state index in [0.717, 1.165) is 27.8 Å². The van der Waals surface area contributed by atoms with Gasteiger partial charge in [0.05, 0.1) is 46.8 Å². The molecule has 70 heavy (non-hydrogen) atoms. The average molecular weight is 949 g/mol. The third kappa shape index (κ3) is 15.0. The molecule has 6 aromatic rings. The highest BCUT2D eigenvalue weighted by Crippen LogP contribution is 2.28. The van der Waals surface area contributed by atoms with Crippen molar-refractivity contribution in [1.82, 2.24) is 9.80 Å². The van der Waals surface area contributed by atoms with Crippen LogP contribution in [0.5, 0.6) is 5.75 Å². The van der Waals surface area contributed by atoms with E-state index in [0.29, 0.717) is 18.8 Å². The molecule has 366 valence electrons. The topological polar surface area (TPSA) is 96.0 Å². The van der Waals surface area contributed by atoms with Crippen molar-refractivity contribution in [3.05, 3.63) is 221 Å². The van der Waals surface area contributed by atoms with Gasteiger partial charge >= 0.3 is 0 Å². The smallest absolute Gasteiger partial charge is 0.254 e. The predicted molar refractivity (Wildman–Crippen MR) is 269 cm³/mol. The van der Waals surface area contributed by atoms with Crippen molar-refractivity contribution in [1.29, 1.82) is 0 Å². The normalized spacial score (nSPS) is 20.1. The van der Waals surface area contributed by atoms with E-state index < -0.39 is 42.2 Å². The predicted octanol–water partition coefficient (Wildman–Crippen LogP) is 10.6. The Morgan fingerprint density at radius 3 is 1.73 bits per heavy atom. The number of ether oxygens (including phenoxy) is 6. The zero-order chi connectivity index (χ0) is 48.9. The summed E-state index contributed by atoms with van der Waals surface area (Å²) < 4.78 is 54.5. The zero-order valence-electron chi connectivity index (χ0n) is 40.4. The molecule has 1 aliphatic heterocycles. The Labute approximate surface area is 412 Å². The van der Waals surface area contributed by atoms with E-state index in [2.05, 4.69) is 0 Å². The molecule has 0 N–H and O–H groups in total. The van der Waals surface area contributed by atoms with Gasteiger partial charge in [-0.2, -0.15) is 0 Å². The second-order valence-corrected chi connectivity index (χ2v) is 17.6. The number of hydrogen-bond acceptors (Lipinski definition) is 8. The van der Waals surface area contributed by atoms with E-state index in [1.54, 1.807) is 16.9 Å². The van der Waals surface area contributed by atoms with Crippen LogP contribution in [0, 0.1) is 11.7 Å². The molecule has 0 saturated carbocycles. The van der Waals surface area contributed by atoms with Crippen LogP contribution in [0.1, 0.15) is 58.4 Å². The van der Waals surface area contributed by atoms with Gasteiger partial charge in [-0.1, -0.05) is 166 Å². The summed E-state index contributed by atoms with van der Waals surface area (Å²) in [7, 11) is 1.61. The molecule has 1 aliphatic rings. The molecule has 0 aromatic heterocycles. The summed E-state index contributed by atoms with van der Waals surface area (Å²) in [6, 6.07) is 51.8. The summed E-state index contributed by atoms with van der Waals surface area (Å²) in [6.45, 7) is 5.45. The Bertz CT molecular complexity index is 2480. The van der Waals surface area contributed by atoms with Gasteiger partial charge in [0.1, 0.15) is 42.0 Å². The molecule has 0 radical (unpaired) electrons. The third-order valence-electron chi connectivity index (χ3n) is 12.6. The molecule has 0 aliphatic carbocycles. The van der Waals surface area contributed by atoms with E-state index in [1.807, 2.05) is 172 Å². The Balaban J connectivity index is 1.39. The summed E-state index contributed by atoms with van der Waals surface area (Å²) in [5, 5.41) is 0. The van der Waals surface area contributed by atoms with Crippen molar-refractivity contribution in [3.8, 4) is 5.75 Å². The third-order valence-corrected chi connectivity index (χ3v) is 12.6. The van der Waals surface area contributed by atoms with E-state index in [1.165, 1.54) is 24.3 Å². The number of halogens is 1. The van der Waals surface area contributed by atoms with Gasteiger partial charge in [0.25, 0.3) is 5.91 Å². The highest BCUT2D eigenvalue weighted by atomic mass is 19.1. The molecule has 2 amide bonds. The van der Waals surface area contributed by atoms with Crippen LogP contribution < -0.4 is 4.74 Å². The molecule has 0 unspecified atom stereocenters. The SMILES string of the molecule is CC[C@H](C)[C@H]1C(=O)N(Cc2ccc(OC)cc2)C[C@H](OCc2ccccc2)[C@@H](OCc2ccccc2)[C@H](OCc2ccccc2)[C@@H](COCc2ccccc2)OC/C=C/CN1C(=O)c1ccc(F)cc1. The van der Waals surface area contributed by atoms with Crippen LogP contribution in [0.2, 0.25) is 0 Å². The lowest BCUT2D eigenvalue weighted by Gasteiger charge is -2.42. The van der Waals surface area contributed by atoms with Crippen molar-refractivity contribution in [2.75, 3.05) is 33.4 Å². The second-order valence-electron chi connectivity index (χ2n) is 17.6. The number of methoxy groups -OCH3 is 1. The minimum Gasteiger partial charge on any atom is -0.497 e. The maximum Gasteiger partial charge on any atom is 0.254 e. The summed E-state index contributed by atoms with van der Waals surface area (Å²) in [4.78, 5) is 34.1. The fraction of sp³-hybridized carbons (Fsp3) is 0.322. The van der Waals surface area contributed by atoms with Crippen LogP contribution in [0.25, 0.3) is 0 Å². The van der Waals surface area contributed by atoms with Gasteiger partial charge in [-0.15, -0.1) is 0 Å². The van der Waals surface area contributed by atoms with Crippen molar-refractivity contribution in [2.45, 2.75) is 83.7 Å². The van der Waals surface area contributed by atoms with Gasteiger partial charge in [-0.05, 0) is 70.1 Å². The van der Waals surface area contributed by atoms with Gasteiger partial charge < -0.3 is 38.2 Å². The summed E-state index contributed by atoms with van der Waals surface area (Å²) in [5.74, 6) is -0.762. The molecule has 0 bridgehead atoms. The molecule has 0 fully saturated rings. The first-order valence-electron chi connectivity index (χ1n) is 24.1. The number of benzene rings is 6. The fourth-order valence-electron chi connectivity index (χ4n) is 8.51. The molecule has 6 aromatic carbocycles. The summed E-state index contributed by atoms with van der Waals surface area (Å²) >= 11 is 0. The lowest BCUT2D eigenvalue weighted by atomic mass is 9.94. The van der Waals surface area contributed by atoms with Gasteiger partial charge in [0.2, 0.25) is 5.91 Å². The van der Waals surface area contributed by atoms with Crippen molar-refractivity contribution in [2.24, 2.45) is 5.92 Å². The standard InChI is InChI=1S/C59H65FN2O8/c1-4-44(2)55-59(64)61(37-45-27-33-52(65-3)34-28-45)38-53(68-40-47-21-11-6-12-22-47)56(69-41-48-23-13-7-14-24-48)57(70-42-49-25-15-8-16-26-49)54(43-66-39-46-19-9-5-10-20-46)67-36-18-17-35-62(55)58(63)50-29-31-51(60)32-30-50/h5-34,44,53-57H,4,35-43H2,1-3H3/b18-17+/t44-,53-,54+,55-,56+,57+/m0/s1. The van der Waals surface area contributed by atoms with Gasteiger partial charge in [-0.3, -0.25) is 9.59 Å². The summed E-state index contributed by atoms with van der Waals surface area (Å²) in [6.07, 6.45) is 1.05. The van der Waals surface area contributed by atoms with Gasteiger partial charge in [0, 0.05) is 25.2 Å². The number of carbonyl (C=O) groups excluding carboxylic acids is 2. The Hall–Kier alpha value is -6.47. The van der Waals surface area contributed by atoms with Crippen LogP contribution in [-0.2, 0) is 61.5 Å². The van der Waals surface area contributed by atoms with Crippen LogP contribution >= 0.6 is 0 Å². The molecule has 1 heterocycles. The number of nitrogens with zero attached hydrogens (tertiary/aromatic N) is 2. The first-order chi connectivity index (χ1) is 34.3. The van der Waals surface area contributed by atoms with E-state index in [9.17, 15) is 9.18 Å². The number of rotatable bonds is 19. The first kappa shape index (κ1) is 51.4. The molecule has 7 rings (SSSR count). The molecular formula is C59H65FN2O8. The molecule has 11 heteroatoms. The average Bonchev–Trinajstić information content (AvgIpc) is 3.40. The van der Waals surface area contributed by atoms with Crippen molar-refractivity contribution in [3.63, 3.8) is 0 Å². The van der Waals surface area contributed by atoms with Crippen LogP contribution in [0.4, 0.5) is 4.39 Å². The van der Waals surface area contributed by atoms with Gasteiger partial charge in [0.15, 0.2) is 0 Å². The molecule has 6 atom stereocenters. The Kier molecular flexibility index (Phi) is 19.9. The highest BCUT2D eigenvalue weighted by Gasteiger charge is 2.43. The van der Waals surface area contributed by atoms with Gasteiger partial charge in [-0.25, -0.2) is 4.39 Å². The number of amides is 2. The van der Waals surface area contributed by atoms with E-state index in [4.69, 9.17) is 28.4 Å². The Morgan fingerprint density at radius 2 is 1.19 bits per heavy atom. The summed E-state index contributed by atoms with van der Waals surface area (Å²) in [5.41, 5.74) is 4.92. The zero-order valence-corrected chi connectivity index (χ0v) is 40.4. The quantitative estimate of drug-likeness (QED) is 0.0741. The minimum atomic E-state index is -0.933. The molecular weight excluding hydrogens is 884 g/mol. The fourth-order valence-corrected chi connectivity index (χ4v) is 8.51. The highest BCUT2D eigenvalue weighted by molar-refractivity contribution is 5.97. The Morgan fingerprint density at radius 1 is 0.657 bits per heavy atom. The van der Waals surface area contributed by atoms with Crippen molar-refractivity contribution >= 4 is 11.8 Å². The van der Waals surface area contributed by atoms with E-state index in [-0.39, 0.29) is 70.1 Å². The maximum absolute atomic E-state index is 15.9. The first-order valence-corrected chi connectivity index (χ1v) is 24.1. The maximum atomic E-state index is 15.9. The molecule has 0 spiro atoms. The molecule has 0 saturated heterocycles. The monoisotopic (exact) mass is 948 g/mol. The van der Waals surface area contributed by atoms with Crippen LogP contribution in [0.15, 0.2) is 182 Å². The van der Waals surface area contributed by atoms with Crippen LogP contribution in [0.3, 0.4) is 0 Å². The van der Waals surface area contributed by atoms with Crippen molar-refractivity contribution < 1.29 is 42.4 Å². The number of carbonyl (C=O) groups is 2.